The lowest BCUT2D eigenvalue weighted by Crippen LogP contribution is -2.57. The first-order chi connectivity index (χ1) is 24.4. The highest BCUT2D eigenvalue weighted by Crippen LogP contribution is 2.20. The molecule has 0 saturated carbocycles. The number of para-hydroxylation sites is 1. The lowest BCUT2D eigenvalue weighted by molar-refractivity contribution is -0.131. The molecule has 7 N–H and O–H groups in total. The number of hydrogen-bond acceptors (Lipinski definition) is 7. The molecule has 2 aromatic carbocycles. The zero-order chi connectivity index (χ0) is 37.3. The zero-order valence-corrected chi connectivity index (χ0v) is 30.6. The number of H-pyrrole nitrogens is 1. The smallest absolute Gasteiger partial charge is 0.408 e. The summed E-state index contributed by atoms with van der Waals surface area (Å²) in [5, 5.41) is 33.1. The number of aromatic amines is 1. The van der Waals surface area contributed by atoms with Crippen LogP contribution >= 0.6 is 0 Å². The molecule has 0 saturated heterocycles. The number of fused-ring (bicyclic) bond motifs is 1. The summed E-state index contributed by atoms with van der Waals surface area (Å²) in [4.78, 5) is 56.8. The van der Waals surface area contributed by atoms with Gasteiger partial charge < -0.3 is 41.2 Å². The maximum Gasteiger partial charge on any atom is 0.408 e. The van der Waals surface area contributed by atoms with Gasteiger partial charge in [0.1, 0.15) is 18.7 Å². The Morgan fingerprint density at radius 2 is 1.53 bits per heavy atom. The second kappa shape index (κ2) is 21.1. The SMILES string of the molecule is CCCC[C@H](NC(=O)[C@H](Cc1c[nH]c2ccccc12)NC(=O)OCc1ccccc1)C(=O)N[C@@H](CC(C)C)[C@@H](O)CC(=O)N[C@H](CO)[C@@H](C)CC. The molecule has 0 fully saturated rings. The molecule has 0 spiro atoms. The number of aliphatic hydroxyl groups excluding tert-OH is 2. The predicted molar refractivity (Wildman–Crippen MR) is 197 cm³/mol. The average Bonchev–Trinajstić information content (AvgIpc) is 3.53. The summed E-state index contributed by atoms with van der Waals surface area (Å²) in [7, 11) is 0. The van der Waals surface area contributed by atoms with Crippen LogP contribution in [0.3, 0.4) is 0 Å². The number of hydrogen-bond donors (Lipinski definition) is 7. The number of aliphatic hydroxyl groups is 2. The van der Waals surface area contributed by atoms with Gasteiger partial charge in [-0.15, -0.1) is 0 Å². The minimum Gasteiger partial charge on any atom is -0.445 e. The maximum absolute atomic E-state index is 14.0. The van der Waals surface area contributed by atoms with Gasteiger partial charge in [-0.05, 0) is 41.9 Å². The molecule has 280 valence electrons. The summed E-state index contributed by atoms with van der Waals surface area (Å²) >= 11 is 0. The average molecular weight is 708 g/mol. The fourth-order valence-electron chi connectivity index (χ4n) is 5.94. The number of alkyl carbamates (subject to hydrolysis) is 1. The van der Waals surface area contributed by atoms with Crippen LogP contribution in [0, 0.1) is 11.8 Å². The molecule has 0 radical (unpaired) electrons. The van der Waals surface area contributed by atoms with Gasteiger partial charge in [0.15, 0.2) is 0 Å². The summed E-state index contributed by atoms with van der Waals surface area (Å²) in [6, 6.07) is 13.6. The van der Waals surface area contributed by atoms with Gasteiger partial charge in [-0.3, -0.25) is 14.4 Å². The molecule has 0 aliphatic heterocycles. The Kier molecular flexibility index (Phi) is 16.9. The molecular weight excluding hydrogens is 650 g/mol. The molecule has 3 aromatic rings. The number of benzene rings is 2. The highest BCUT2D eigenvalue weighted by molar-refractivity contribution is 5.92. The van der Waals surface area contributed by atoms with Crippen molar-refractivity contribution < 1.29 is 34.1 Å². The number of carbonyl (C=O) groups excluding carboxylic acids is 4. The molecule has 0 bridgehead atoms. The molecule has 51 heavy (non-hydrogen) atoms. The summed E-state index contributed by atoms with van der Waals surface area (Å²) in [5.74, 6) is -1.36. The second-order valence-electron chi connectivity index (χ2n) is 13.8. The Morgan fingerprint density at radius 1 is 0.843 bits per heavy atom. The monoisotopic (exact) mass is 707 g/mol. The minimum atomic E-state index is -1.20. The van der Waals surface area contributed by atoms with Gasteiger partial charge in [0.2, 0.25) is 17.7 Å². The third-order valence-corrected chi connectivity index (χ3v) is 9.19. The number of amides is 4. The second-order valence-corrected chi connectivity index (χ2v) is 13.8. The lowest BCUT2D eigenvalue weighted by Gasteiger charge is -2.29. The number of rotatable bonds is 21. The van der Waals surface area contributed by atoms with E-state index in [-0.39, 0.29) is 37.9 Å². The Bertz CT molecular complexity index is 1530. The van der Waals surface area contributed by atoms with Crippen LogP contribution in [0.5, 0.6) is 0 Å². The summed E-state index contributed by atoms with van der Waals surface area (Å²) in [5.41, 5.74) is 2.48. The van der Waals surface area contributed by atoms with E-state index >= 15 is 0 Å². The first-order valence-electron chi connectivity index (χ1n) is 18.2. The number of ether oxygens (including phenoxy) is 1. The number of unbranched alkanes of at least 4 members (excludes halogenated alkanes) is 1. The van der Waals surface area contributed by atoms with Crippen molar-refractivity contribution in [1.29, 1.82) is 0 Å². The highest BCUT2D eigenvalue weighted by atomic mass is 16.5. The zero-order valence-electron chi connectivity index (χ0n) is 30.6. The van der Waals surface area contributed by atoms with Crippen LogP contribution in [0.1, 0.15) is 84.3 Å². The summed E-state index contributed by atoms with van der Waals surface area (Å²) < 4.78 is 5.44. The molecule has 6 atom stereocenters. The first-order valence-corrected chi connectivity index (χ1v) is 18.2. The molecular formula is C39H57N5O7. The van der Waals surface area contributed by atoms with Gasteiger partial charge in [0, 0.05) is 23.5 Å². The molecule has 0 aliphatic rings. The Morgan fingerprint density at radius 3 is 2.20 bits per heavy atom. The molecule has 0 unspecified atom stereocenters. The molecule has 12 nitrogen and oxygen atoms in total. The van der Waals surface area contributed by atoms with Gasteiger partial charge in [0.25, 0.3) is 0 Å². The van der Waals surface area contributed by atoms with Crippen LogP contribution in [0.25, 0.3) is 10.9 Å². The highest BCUT2D eigenvalue weighted by Gasteiger charge is 2.32. The molecule has 1 heterocycles. The van der Waals surface area contributed by atoms with Crippen molar-refractivity contribution in [2.75, 3.05) is 6.61 Å². The van der Waals surface area contributed by atoms with E-state index in [2.05, 4.69) is 26.3 Å². The fraction of sp³-hybridized carbons (Fsp3) is 0.538. The van der Waals surface area contributed by atoms with Crippen molar-refractivity contribution in [1.82, 2.24) is 26.3 Å². The third-order valence-electron chi connectivity index (χ3n) is 9.19. The van der Waals surface area contributed by atoms with E-state index in [1.165, 1.54) is 0 Å². The van der Waals surface area contributed by atoms with E-state index in [0.717, 1.165) is 34.9 Å². The standard InChI is InChI=1S/C39H57N5O7/c1-6-8-17-31(37(48)43-32(19-25(3)4)35(46)21-36(47)41-34(23-45)26(5)7-2)42-38(49)33(20-28-22-40-30-18-13-12-16-29(28)30)44-39(50)51-24-27-14-10-9-11-15-27/h9-16,18,22,25-26,31-35,40,45-46H,6-8,17,19-21,23-24H2,1-5H3,(H,41,47)(H,42,49)(H,43,48)(H,44,50)/t26-,31-,32-,33-,34+,35-/m0/s1. The van der Waals surface area contributed by atoms with Crippen molar-refractivity contribution in [2.24, 2.45) is 11.8 Å². The quantitative estimate of drug-likeness (QED) is 0.0852. The number of nitrogens with one attached hydrogen (secondary N) is 5. The first kappa shape index (κ1) is 41.0. The lowest BCUT2D eigenvalue weighted by atomic mass is 9.95. The fourth-order valence-corrected chi connectivity index (χ4v) is 5.94. The molecule has 4 amide bonds. The molecule has 0 aliphatic carbocycles. The van der Waals surface area contributed by atoms with Crippen LogP contribution in [-0.4, -0.2) is 75.9 Å². The van der Waals surface area contributed by atoms with E-state index in [4.69, 9.17) is 4.74 Å². The normalized spacial score (nSPS) is 14.9. The van der Waals surface area contributed by atoms with E-state index in [0.29, 0.717) is 19.3 Å². The van der Waals surface area contributed by atoms with Crippen LogP contribution in [0.15, 0.2) is 60.8 Å². The van der Waals surface area contributed by atoms with Crippen LogP contribution in [-0.2, 0) is 32.1 Å². The van der Waals surface area contributed by atoms with E-state index in [1.807, 2.05) is 89.2 Å². The van der Waals surface area contributed by atoms with E-state index in [1.54, 1.807) is 6.20 Å². The van der Waals surface area contributed by atoms with Gasteiger partial charge in [0.05, 0.1) is 31.2 Å². The Labute approximate surface area is 301 Å². The van der Waals surface area contributed by atoms with Crippen molar-refractivity contribution in [3.05, 3.63) is 71.9 Å². The van der Waals surface area contributed by atoms with Gasteiger partial charge in [-0.1, -0.05) is 102 Å². The predicted octanol–water partition coefficient (Wildman–Crippen LogP) is 4.49. The molecule has 1 aromatic heterocycles. The van der Waals surface area contributed by atoms with Crippen LogP contribution in [0.2, 0.25) is 0 Å². The summed E-state index contributed by atoms with van der Waals surface area (Å²) in [6.07, 6.45) is 2.56. The van der Waals surface area contributed by atoms with Crippen molar-refractivity contribution in [2.45, 2.75) is 116 Å². The Balaban J connectivity index is 1.77. The molecule has 3 rings (SSSR count). The largest absolute Gasteiger partial charge is 0.445 e. The van der Waals surface area contributed by atoms with Crippen molar-refractivity contribution in [3.63, 3.8) is 0 Å². The van der Waals surface area contributed by atoms with Crippen molar-refractivity contribution in [3.8, 4) is 0 Å². The number of carbonyl (C=O) groups is 4. The van der Waals surface area contributed by atoms with Gasteiger partial charge in [-0.25, -0.2) is 4.79 Å². The van der Waals surface area contributed by atoms with Crippen LogP contribution in [0.4, 0.5) is 4.79 Å². The number of aromatic nitrogens is 1. The third kappa shape index (κ3) is 13.3. The minimum absolute atomic E-state index is 0.0193. The van der Waals surface area contributed by atoms with Gasteiger partial charge in [-0.2, -0.15) is 0 Å². The van der Waals surface area contributed by atoms with Crippen molar-refractivity contribution >= 4 is 34.7 Å². The topological polar surface area (TPSA) is 182 Å². The van der Waals surface area contributed by atoms with Gasteiger partial charge >= 0.3 is 6.09 Å². The maximum atomic E-state index is 14.0. The van der Waals surface area contributed by atoms with E-state index < -0.39 is 54.1 Å². The summed E-state index contributed by atoms with van der Waals surface area (Å²) in [6.45, 7) is 9.57. The van der Waals surface area contributed by atoms with E-state index in [9.17, 15) is 29.4 Å². The van der Waals surface area contributed by atoms with Crippen LogP contribution < -0.4 is 21.3 Å². The molecule has 12 heteroatoms. The Hall–Kier alpha value is -4.42.